The molecule has 3 rings (SSSR count). The summed E-state index contributed by atoms with van der Waals surface area (Å²) in [6.07, 6.45) is 2.11. The number of benzene rings is 2. The number of rotatable bonds is 8. The Morgan fingerprint density at radius 3 is 2.28 bits per heavy atom. The van der Waals surface area contributed by atoms with Crippen LogP contribution in [0.4, 0.5) is 14.5 Å². The Morgan fingerprint density at radius 1 is 1.00 bits per heavy atom. The molecule has 154 valence electrons. The lowest BCUT2D eigenvalue weighted by Crippen LogP contribution is -2.29. The summed E-state index contributed by atoms with van der Waals surface area (Å²) in [6, 6.07) is 13.1. The molecule has 6 nitrogen and oxygen atoms in total. The van der Waals surface area contributed by atoms with E-state index in [0.717, 1.165) is 31.5 Å². The fourth-order valence-electron chi connectivity index (χ4n) is 3.07. The fourth-order valence-corrected chi connectivity index (χ4v) is 3.07. The molecule has 0 spiro atoms. The minimum atomic E-state index is -2.87. The van der Waals surface area contributed by atoms with Crippen LogP contribution in [0.25, 0.3) is 0 Å². The normalized spacial score (nSPS) is 13.4. The lowest BCUT2D eigenvalue weighted by Gasteiger charge is -2.15. The number of hydrogen-bond donors (Lipinski definition) is 2. The lowest BCUT2D eigenvalue weighted by molar-refractivity contribution is -0.119. The van der Waals surface area contributed by atoms with Crippen LogP contribution in [0.5, 0.6) is 5.75 Å². The summed E-state index contributed by atoms with van der Waals surface area (Å²) in [4.78, 5) is 26.2. The van der Waals surface area contributed by atoms with Crippen molar-refractivity contribution < 1.29 is 23.1 Å². The van der Waals surface area contributed by atoms with Crippen LogP contribution >= 0.6 is 0 Å². The van der Waals surface area contributed by atoms with Crippen LogP contribution in [0.3, 0.4) is 0 Å². The molecule has 1 aliphatic heterocycles. The van der Waals surface area contributed by atoms with E-state index in [1.54, 1.807) is 24.3 Å². The van der Waals surface area contributed by atoms with Gasteiger partial charge in [-0.25, -0.2) is 0 Å². The van der Waals surface area contributed by atoms with Crippen LogP contribution in [0, 0.1) is 0 Å². The van der Waals surface area contributed by atoms with Crippen molar-refractivity contribution in [2.24, 2.45) is 0 Å². The van der Waals surface area contributed by atoms with E-state index in [1.807, 2.05) is 17.0 Å². The fraction of sp³-hybridized carbons (Fsp3) is 0.333. The Hall–Kier alpha value is -3.16. The minimum absolute atomic E-state index is 0.0422. The molecule has 2 amide bonds. The summed E-state index contributed by atoms with van der Waals surface area (Å²) in [5.74, 6) is -0.107. The summed E-state index contributed by atoms with van der Waals surface area (Å²) < 4.78 is 28.5. The first-order chi connectivity index (χ1) is 14.0. The van der Waals surface area contributed by atoms with Gasteiger partial charge in [0.05, 0.1) is 6.54 Å². The molecule has 0 unspecified atom stereocenters. The molecular formula is C21H23F2N3O3. The van der Waals surface area contributed by atoms with Crippen LogP contribution in [0.1, 0.15) is 28.8 Å². The number of anilines is 1. The first-order valence-corrected chi connectivity index (χ1v) is 9.45. The number of nitrogens with zero attached hydrogens (tertiary/aromatic N) is 1. The predicted molar refractivity (Wildman–Crippen MR) is 105 cm³/mol. The van der Waals surface area contributed by atoms with E-state index in [9.17, 15) is 18.4 Å². The molecule has 0 saturated carbocycles. The number of ether oxygens (including phenoxy) is 1. The zero-order valence-corrected chi connectivity index (χ0v) is 15.9. The van der Waals surface area contributed by atoms with E-state index in [1.165, 1.54) is 12.1 Å². The number of nitrogens with one attached hydrogen (secondary N) is 2. The quantitative estimate of drug-likeness (QED) is 0.710. The molecule has 0 aliphatic carbocycles. The molecular weight excluding hydrogens is 380 g/mol. The minimum Gasteiger partial charge on any atom is -0.435 e. The largest absolute Gasteiger partial charge is 0.435 e. The van der Waals surface area contributed by atoms with E-state index in [-0.39, 0.29) is 24.1 Å². The molecule has 1 aliphatic rings. The van der Waals surface area contributed by atoms with Gasteiger partial charge >= 0.3 is 6.61 Å². The first-order valence-electron chi connectivity index (χ1n) is 9.45. The number of hydrogen-bond acceptors (Lipinski definition) is 4. The standard InChI is InChI=1S/C21H23F2N3O3/c22-21(23)29-18-9-7-17(8-10-18)24-14-19(27)25-13-15-3-5-16(6-4-15)20(28)26-11-1-2-12-26/h3-10,21,24H,1-2,11-14H2,(H,25,27). The second-order valence-electron chi connectivity index (χ2n) is 6.73. The Morgan fingerprint density at radius 2 is 1.66 bits per heavy atom. The Labute approximate surface area is 167 Å². The van der Waals surface area contributed by atoms with Gasteiger partial charge < -0.3 is 20.3 Å². The maximum absolute atomic E-state index is 12.3. The van der Waals surface area contributed by atoms with Gasteiger partial charge in [0.1, 0.15) is 5.75 Å². The number of amides is 2. The molecule has 1 saturated heterocycles. The Bertz CT molecular complexity index is 820. The third-order valence-electron chi connectivity index (χ3n) is 4.62. The van der Waals surface area contributed by atoms with E-state index >= 15 is 0 Å². The lowest BCUT2D eigenvalue weighted by atomic mass is 10.1. The molecule has 29 heavy (non-hydrogen) atoms. The molecule has 0 atom stereocenters. The molecule has 0 bridgehead atoms. The van der Waals surface area contributed by atoms with Crippen molar-refractivity contribution in [3.05, 3.63) is 59.7 Å². The highest BCUT2D eigenvalue weighted by atomic mass is 19.3. The van der Waals surface area contributed by atoms with Crippen LogP contribution in [0.15, 0.2) is 48.5 Å². The van der Waals surface area contributed by atoms with Crippen LogP contribution in [-0.4, -0.2) is 43.0 Å². The van der Waals surface area contributed by atoms with E-state index < -0.39 is 6.61 Å². The second-order valence-corrected chi connectivity index (χ2v) is 6.73. The molecule has 1 heterocycles. The van der Waals surface area contributed by atoms with E-state index in [0.29, 0.717) is 17.8 Å². The Kier molecular flexibility index (Phi) is 6.99. The maximum Gasteiger partial charge on any atom is 0.387 e. The zero-order valence-electron chi connectivity index (χ0n) is 15.9. The third kappa shape index (κ3) is 6.17. The monoisotopic (exact) mass is 403 g/mol. The van der Waals surface area contributed by atoms with Crippen LogP contribution < -0.4 is 15.4 Å². The number of likely N-dealkylation sites (tertiary alicyclic amines) is 1. The molecule has 2 aromatic carbocycles. The summed E-state index contributed by atoms with van der Waals surface area (Å²) in [6.45, 7) is -0.857. The van der Waals surface area contributed by atoms with Crippen molar-refractivity contribution in [2.75, 3.05) is 25.0 Å². The van der Waals surface area contributed by atoms with Gasteiger partial charge in [0.25, 0.3) is 5.91 Å². The highest BCUT2D eigenvalue weighted by Gasteiger charge is 2.19. The SMILES string of the molecule is O=C(CNc1ccc(OC(F)F)cc1)NCc1ccc(C(=O)N2CCCC2)cc1. The summed E-state index contributed by atoms with van der Waals surface area (Å²) >= 11 is 0. The van der Waals surface area contributed by atoms with Gasteiger partial charge in [0, 0.05) is 30.9 Å². The summed E-state index contributed by atoms with van der Waals surface area (Å²) in [5, 5.41) is 5.70. The van der Waals surface area contributed by atoms with E-state index in [2.05, 4.69) is 15.4 Å². The molecule has 1 fully saturated rings. The second kappa shape index (κ2) is 9.86. The average Bonchev–Trinajstić information content (AvgIpc) is 3.26. The average molecular weight is 403 g/mol. The molecule has 8 heteroatoms. The third-order valence-corrected chi connectivity index (χ3v) is 4.62. The van der Waals surface area contributed by atoms with Crippen molar-refractivity contribution in [3.8, 4) is 5.75 Å². The topological polar surface area (TPSA) is 70.7 Å². The predicted octanol–water partition coefficient (Wildman–Crippen LogP) is 3.25. The summed E-state index contributed by atoms with van der Waals surface area (Å²) in [7, 11) is 0. The molecule has 2 aromatic rings. The van der Waals surface area contributed by atoms with E-state index in [4.69, 9.17) is 0 Å². The number of alkyl halides is 2. The highest BCUT2D eigenvalue weighted by Crippen LogP contribution is 2.17. The van der Waals surface area contributed by atoms with Crippen LogP contribution in [0.2, 0.25) is 0 Å². The van der Waals surface area contributed by atoms with Gasteiger partial charge in [0.2, 0.25) is 5.91 Å². The van der Waals surface area contributed by atoms with Crippen molar-refractivity contribution in [1.29, 1.82) is 0 Å². The van der Waals surface area contributed by atoms with Crippen LogP contribution in [-0.2, 0) is 11.3 Å². The zero-order chi connectivity index (χ0) is 20.6. The highest BCUT2D eigenvalue weighted by molar-refractivity contribution is 5.94. The van der Waals surface area contributed by atoms with Gasteiger partial charge in [-0.1, -0.05) is 12.1 Å². The van der Waals surface area contributed by atoms with Gasteiger partial charge in [-0.15, -0.1) is 0 Å². The van der Waals surface area contributed by atoms with Gasteiger partial charge in [-0.05, 0) is 54.8 Å². The van der Waals surface area contributed by atoms with Crippen molar-refractivity contribution >= 4 is 17.5 Å². The molecule has 2 N–H and O–H groups in total. The number of halogens is 2. The van der Waals surface area contributed by atoms with Crippen molar-refractivity contribution in [1.82, 2.24) is 10.2 Å². The van der Waals surface area contributed by atoms with Crippen molar-refractivity contribution in [2.45, 2.75) is 26.0 Å². The first kappa shape index (κ1) is 20.6. The maximum atomic E-state index is 12.3. The smallest absolute Gasteiger partial charge is 0.387 e. The summed E-state index contributed by atoms with van der Waals surface area (Å²) in [5.41, 5.74) is 2.17. The van der Waals surface area contributed by atoms with Crippen molar-refractivity contribution in [3.63, 3.8) is 0 Å². The van der Waals surface area contributed by atoms with Gasteiger partial charge in [0.15, 0.2) is 0 Å². The van der Waals surface area contributed by atoms with Gasteiger partial charge in [-0.2, -0.15) is 8.78 Å². The Balaban J connectivity index is 1.41. The molecule has 0 aromatic heterocycles. The molecule has 0 radical (unpaired) electrons. The number of carbonyl (C=O) groups excluding carboxylic acids is 2. The van der Waals surface area contributed by atoms with Gasteiger partial charge in [-0.3, -0.25) is 9.59 Å². The number of carbonyl (C=O) groups is 2.